The molecule has 2 rings (SSSR count). The molecule has 17 heavy (non-hydrogen) atoms. The number of hydrogen-bond acceptors (Lipinski definition) is 3. The Morgan fingerprint density at radius 3 is 2.41 bits per heavy atom. The van der Waals surface area contributed by atoms with Crippen LogP contribution in [0.4, 0.5) is 0 Å². The van der Waals surface area contributed by atoms with Gasteiger partial charge in [0.2, 0.25) is 0 Å². The van der Waals surface area contributed by atoms with Crippen molar-refractivity contribution in [3.63, 3.8) is 0 Å². The number of aryl methyl sites for hydroxylation is 2. The topological polar surface area (TPSA) is 38.9 Å². The predicted molar refractivity (Wildman–Crippen MR) is 74.2 cm³/mol. The molecule has 0 radical (unpaired) electrons. The van der Waals surface area contributed by atoms with Crippen molar-refractivity contribution in [2.45, 2.75) is 33.2 Å². The van der Waals surface area contributed by atoms with E-state index in [1.165, 1.54) is 16.7 Å². The lowest BCUT2D eigenvalue weighted by Crippen LogP contribution is -2.28. The molecule has 1 heterocycles. The smallest absolute Gasteiger partial charge is 0.113 e. The minimum Gasteiger partial charge on any atom is -0.320 e. The second-order valence-corrected chi connectivity index (χ2v) is 5.92. The second-order valence-electron chi connectivity index (χ2n) is 5.06. The van der Waals surface area contributed by atoms with E-state index >= 15 is 0 Å². The van der Waals surface area contributed by atoms with Crippen molar-refractivity contribution in [1.82, 2.24) is 4.98 Å². The molecule has 0 aliphatic rings. The van der Waals surface area contributed by atoms with Gasteiger partial charge < -0.3 is 5.73 Å². The summed E-state index contributed by atoms with van der Waals surface area (Å²) in [5, 5.41) is 3.05. The fraction of sp³-hybridized carbons (Fsp3) is 0.357. The van der Waals surface area contributed by atoms with Gasteiger partial charge in [0.05, 0.1) is 11.2 Å². The third kappa shape index (κ3) is 2.56. The number of rotatable bonds is 2. The highest BCUT2D eigenvalue weighted by Gasteiger charge is 2.18. The van der Waals surface area contributed by atoms with Crippen LogP contribution in [-0.2, 0) is 5.54 Å². The van der Waals surface area contributed by atoms with Gasteiger partial charge in [0, 0.05) is 10.9 Å². The summed E-state index contributed by atoms with van der Waals surface area (Å²) in [5.41, 5.74) is 10.5. The van der Waals surface area contributed by atoms with Gasteiger partial charge in [-0.3, -0.25) is 0 Å². The molecule has 0 aliphatic carbocycles. The first-order chi connectivity index (χ1) is 7.88. The lowest BCUT2D eigenvalue weighted by Gasteiger charge is -2.13. The molecule has 0 aliphatic heterocycles. The Bertz CT molecular complexity index is 535. The zero-order chi connectivity index (χ0) is 12.6. The Kier molecular flexibility index (Phi) is 3.06. The summed E-state index contributed by atoms with van der Waals surface area (Å²) < 4.78 is 0. The molecular formula is C14H18N2S. The van der Waals surface area contributed by atoms with Gasteiger partial charge in [-0.1, -0.05) is 12.1 Å². The van der Waals surface area contributed by atoms with Crippen molar-refractivity contribution in [1.29, 1.82) is 0 Å². The molecule has 0 unspecified atom stereocenters. The quantitative estimate of drug-likeness (QED) is 0.879. The highest BCUT2D eigenvalue weighted by molar-refractivity contribution is 7.10. The van der Waals surface area contributed by atoms with E-state index < -0.39 is 0 Å². The molecule has 0 spiro atoms. The first-order valence-electron chi connectivity index (χ1n) is 5.70. The minimum atomic E-state index is -0.358. The van der Waals surface area contributed by atoms with E-state index in [0.29, 0.717) is 0 Å². The molecule has 0 fully saturated rings. The normalized spacial score (nSPS) is 11.8. The first kappa shape index (κ1) is 12.3. The molecule has 90 valence electrons. The van der Waals surface area contributed by atoms with Crippen LogP contribution < -0.4 is 5.73 Å². The number of thiazole rings is 1. The van der Waals surface area contributed by atoms with Crippen LogP contribution in [0.25, 0.3) is 11.3 Å². The Morgan fingerprint density at radius 2 is 1.88 bits per heavy atom. The van der Waals surface area contributed by atoms with Crippen LogP contribution in [0.15, 0.2) is 23.6 Å². The Balaban J connectivity index is 2.40. The second kappa shape index (κ2) is 4.24. The Morgan fingerprint density at radius 1 is 1.18 bits per heavy atom. The summed E-state index contributed by atoms with van der Waals surface area (Å²) in [6, 6.07) is 6.43. The average Bonchev–Trinajstić information content (AvgIpc) is 2.70. The highest BCUT2D eigenvalue weighted by Crippen LogP contribution is 2.28. The zero-order valence-corrected chi connectivity index (χ0v) is 11.6. The zero-order valence-electron chi connectivity index (χ0n) is 10.7. The fourth-order valence-corrected chi connectivity index (χ4v) is 2.47. The van der Waals surface area contributed by atoms with E-state index in [-0.39, 0.29) is 5.54 Å². The fourth-order valence-electron chi connectivity index (χ4n) is 1.60. The van der Waals surface area contributed by atoms with Gasteiger partial charge in [0.25, 0.3) is 0 Å². The molecule has 0 bridgehead atoms. The maximum atomic E-state index is 6.05. The van der Waals surface area contributed by atoms with Crippen LogP contribution in [0.2, 0.25) is 0 Å². The maximum absolute atomic E-state index is 6.05. The predicted octanol–water partition coefficient (Wildman–Crippen LogP) is 3.62. The van der Waals surface area contributed by atoms with Crippen LogP contribution in [0.1, 0.15) is 30.0 Å². The molecule has 2 aromatic rings. The molecular weight excluding hydrogens is 228 g/mol. The van der Waals surface area contributed by atoms with Crippen molar-refractivity contribution in [3.8, 4) is 11.3 Å². The third-order valence-corrected chi connectivity index (χ3v) is 4.04. The van der Waals surface area contributed by atoms with Crippen LogP contribution in [0, 0.1) is 13.8 Å². The van der Waals surface area contributed by atoms with Crippen LogP contribution >= 0.6 is 11.3 Å². The monoisotopic (exact) mass is 246 g/mol. The molecule has 2 N–H and O–H groups in total. The standard InChI is InChI=1S/C14H18N2S/c1-9-5-6-11(7-10(9)2)12-8-17-13(16-12)14(3,4)15/h5-8H,15H2,1-4H3. The van der Waals surface area contributed by atoms with E-state index in [2.05, 4.69) is 42.4 Å². The summed E-state index contributed by atoms with van der Waals surface area (Å²) in [6.07, 6.45) is 0. The molecule has 1 aromatic heterocycles. The molecule has 1 aromatic carbocycles. The molecule has 0 atom stereocenters. The molecule has 3 heteroatoms. The maximum Gasteiger partial charge on any atom is 0.113 e. The van der Waals surface area contributed by atoms with Gasteiger partial charge in [0.15, 0.2) is 0 Å². The van der Waals surface area contributed by atoms with Crippen molar-refractivity contribution < 1.29 is 0 Å². The van der Waals surface area contributed by atoms with Gasteiger partial charge in [-0.2, -0.15) is 0 Å². The van der Waals surface area contributed by atoms with Crippen LogP contribution in [0.3, 0.4) is 0 Å². The SMILES string of the molecule is Cc1ccc(-c2csc(C(C)(C)N)n2)cc1C. The third-order valence-electron chi connectivity index (χ3n) is 2.86. The van der Waals surface area contributed by atoms with E-state index in [0.717, 1.165) is 10.7 Å². The summed E-state index contributed by atoms with van der Waals surface area (Å²) in [5.74, 6) is 0. The summed E-state index contributed by atoms with van der Waals surface area (Å²) in [7, 11) is 0. The largest absolute Gasteiger partial charge is 0.320 e. The van der Waals surface area contributed by atoms with E-state index in [9.17, 15) is 0 Å². The lowest BCUT2D eigenvalue weighted by atomic mass is 10.0. The number of nitrogens with zero attached hydrogens (tertiary/aromatic N) is 1. The first-order valence-corrected chi connectivity index (χ1v) is 6.58. The van der Waals surface area contributed by atoms with Gasteiger partial charge in [0.1, 0.15) is 5.01 Å². The number of hydrogen-bond donors (Lipinski definition) is 1. The van der Waals surface area contributed by atoms with Gasteiger partial charge in [-0.25, -0.2) is 4.98 Å². The van der Waals surface area contributed by atoms with Gasteiger partial charge in [-0.05, 0) is 44.9 Å². The van der Waals surface area contributed by atoms with Gasteiger partial charge >= 0.3 is 0 Å². The van der Waals surface area contributed by atoms with Crippen molar-refractivity contribution in [3.05, 3.63) is 39.7 Å². The average molecular weight is 246 g/mol. The minimum absolute atomic E-state index is 0.358. The number of nitrogens with two attached hydrogens (primary N) is 1. The molecule has 0 amide bonds. The number of benzene rings is 1. The van der Waals surface area contributed by atoms with Crippen molar-refractivity contribution >= 4 is 11.3 Å². The molecule has 0 saturated heterocycles. The van der Waals surface area contributed by atoms with E-state index in [1.54, 1.807) is 11.3 Å². The van der Waals surface area contributed by atoms with Crippen molar-refractivity contribution in [2.75, 3.05) is 0 Å². The summed E-state index contributed by atoms with van der Waals surface area (Å²) in [6.45, 7) is 8.21. The molecule has 2 nitrogen and oxygen atoms in total. The van der Waals surface area contributed by atoms with Crippen LogP contribution in [-0.4, -0.2) is 4.98 Å². The Labute approximate surface area is 107 Å². The lowest BCUT2D eigenvalue weighted by molar-refractivity contribution is 0.551. The summed E-state index contributed by atoms with van der Waals surface area (Å²) >= 11 is 1.63. The summed E-state index contributed by atoms with van der Waals surface area (Å²) in [4.78, 5) is 4.62. The number of aromatic nitrogens is 1. The van der Waals surface area contributed by atoms with Crippen LogP contribution in [0.5, 0.6) is 0 Å². The van der Waals surface area contributed by atoms with E-state index in [4.69, 9.17) is 5.73 Å². The molecule has 0 saturated carbocycles. The van der Waals surface area contributed by atoms with E-state index in [1.807, 2.05) is 13.8 Å². The van der Waals surface area contributed by atoms with Crippen molar-refractivity contribution in [2.24, 2.45) is 5.73 Å². The van der Waals surface area contributed by atoms with Gasteiger partial charge in [-0.15, -0.1) is 11.3 Å². The Hall–Kier alpha value is -1.19. The highest BCUT2D eigenvalue weighted by atomic mass is 32.1.